The van der Waals surface area contributed by atoms with Crippen LogP contribution in [-0.2, 0) is 12.8 Å². The molecule has 1 aliphatic heterocycles. The molecule has 3 nitrogen and oxygen atoms in total. The van der Waals surface area contributed by atoms with Crippen LogP contribution < -0.4 is 10.2 Å². The molecule has 122 valence electrons. The zero-order valence-corrected chi connectivity index (χ0v) is 13.9. The lowest BCUT2D eigenvalue weighted by atomic mass is 10.0. The number of nitrogens with zero attached hydrogens (tertiary/aromatic N) is 1. The van der Waals surface area contributed by atoms with Crippen LogP contribution in [0.2, 0.25) is 0 Å². The van der Waals surface area contributed by atoms with E-state index in [1.807, 2.05) is 6.07 Å². The van der Waals surface area contributed by atoms with E-state index >= 15 is 0 Å². The van der Waals surface area contributed by atoms with E-state index in [9.17, 15) is 0 Å². The third kappa shape index (κ3) is 2.23. The molecule has 2 aliphatic rings. The number of anilines is 2. The second-order valence-corrected chi connectivity index (χ2v) is 6.68. The van der Waals surface area contributed by atoms with Crippen molar-refractivity contribution in [2.45, 2.75) is 12.8 Å². The molecule has 0 unspecified atom stereocenters. The summed E-state index contributed by atoms with van der Waals surface area (Å²) in [4.78, 5) is 2.07. The molecule has 0 spiro atoms. The quantitative estimate of drug-likeness (QED) is 0.394. The minimum absolute atomic E-state index is 0.447. The van der Waals surface area contributed by atoms with Gasteiger partial charge in [-0.05, 0) is 47.2 Å². The van der Waals surface area contributed by atoms with Crippen molar-refractivity contribution in [3.8, 4) is 11.1 Å². The highest BCUT2D eigenvalue weighted by Crippen LogP contribution is 2.41. The standard InChI is InChI=1S/C22H19N3/c23-22(25-13-12-15-6-2-4-11-20(15)25)24-19-10-5-8-17-14-16-7-1-3-9-18(16)21(17)19/h1-11H,12-14H2,(H2,23,24). The summed E-state index contributed by atoms with van der Waals surface area (Å²) in [6.45, 7) is 0.858. The largest absolute Gasteiger partial charge is 0.325 e. The predicted molar refractivity (Wildman–Crippen MR) is 104 cm³/mol. The van der Waals surface area contributed by atoms with Gasteiger partial charge in [-0.3, -0.25) is 5.41 Å². The Kier molecular flexibility index (Phi) is 3.14. The monoisotopic (exact) mass is 325 g/mol. The van der Waals surface area contributed by atoms with Gasteiger partial charge in [0.25, 0.3) is 0 Å². The van der Waals surface area contributed by atoms with E-state index in [0.29, 0.717) is 5.96 Å². The molecule has 25 heavy (non-hydrogen) atoms. The Balaban J connectivity index is 1.49. The number of benzene rings is 3. The third-order valence-electron chi connectivity index (χ3n) is 5.23. The Bertz CT molecular complexity index is 990. The van der Waals surface area contributed by atoms with Crippen molar-refractivity contribution in [1.29, 1.82) is 5.41 Å². The van der Waals surface area contributed by atoms with Crippen LogP contribution in [-0.4, -0.2) is 12.5 Å². The van der Waals surface area contributed by atoms with Crippen LogP contribution in [0.25, 0.3) is 11.1 Å². The molecule has 0 amide bonds. The Morgan fingerprint density at radius 2 is 1.60 bits per heavy atom. The summed E-state index contributed by atoms with van der Waals surface area (Å²) in [6, 6.07) is 23.3. The van der Waals surface area contributed by atoms with Crippen molar-refractivity contribution in [2.75, 3.05) is 16.8 Å². The normalized spacial score (nSPS) is 14.0. The van der Waals surface area contributed by atoms with Gasteiger partial charge in [0.1, 0.15) is 0 Å². The smallest absolute Gasteiger partial charge is 0.200 e. The van der Waals surface area contributed by atoms with Crippen LogP contribution in [0.5, 0.6) is 0 Å². The summed E-state index contributed by atoms with van der Waals surface area (Å²) in [5.41, 5.74) is 8.72. The topological polar surface area (TPSA) is 39.1 Å². The molecule has 0 fully saturated rings. The zero-order chi connectivity index (χ0) is 16.8. The molecule has 0 saturated carbocycles. The Labute approximate surface area is 147 Å². The molecule has 0 aromatic heterocycles. The first-order chi connectivity index (χ1) is 12.3. The van der Waals surface area contributed by atoms with E-state index in [-0.39, 0.29) is 0 Å². The van der Waals surface area contributed by atoms with Crippen LogP contribution in [0.3, 0.4) is 0 Å². The van der Waals surface area contributed by atoms with Gasteiger partial charge in [-0.1, -0.05) is 54.6 Å². The number of hydrogen-bond donors (Lipinski definition) is 2. The van der Waals surface area contributed by atoms with Gasteiger partial charge >= 0.3 is 0 Å². The number of nitrogens with one attached hydrogen (secondary N) is 2. The molecular weight excluding hydrogens is 306 g/mol. The first-order valence-corrected chi connectivity index (χ1v) is 8.72. The van der Waals surface area contributed by atoms with Crippen molar-refractivity contribution in [3.05, 3.63) is 83.4 Å². The molecule has 0 radical (unpaired) electrons. The highest BCUT2D eigenvalue weighted by molar-refractivity contribution is 6.07. The Morgan fingerprint density at radius 3 is 2.52 bits per heavy atom. The van der Waals surface area contributed by atoms with E-state index in [0.717, 1.165) is 30.8 Å². The summed E-state index contributed by atoms with van der Waals surface area (Å²) in [7, 11) is 0. The van der Waals surface area contributed by atoms with Gasteiger partial charge in [0, 0.05) is 23.5 Å². The first kappa shape index (κ1) is 14.3. The van der Waals surface area contributed by atoms with Crippen LogP contribution in [0.15, 0.2) is 66.7 Å². The minimum atomic E-state index is 0.447. The predicted octanol–water partition coefficient (Wildman–Crippen LogP) is 4.67. The van der Waals surface area contributed by atoms with E-state index in [1.165, 1.54) is 27.8 Å². The van der Waals surface area contributed by atoms with Gasteiger partial charge in [0.2, 0.25) is 0 Å². The molecule has 5 rings (SSSR count). The van der Waals surface area contributed by atoms with Crippen LogP contribution in [0.4, 0.5) is 11.4 Å². The van der Waals surface area contributed by atoms with E-state index in [1.54, 1.807) is 0 Å². The Morgan fingerprint density at radius 1 is 0.840 bits per heavy atom. The number of rotatable bonds is 1. The molecular formula is C22H19N3. The van der Waals surface area contributed by atoms with Gasteiger partial charge in [-0.2, -0.15) is 0 Å². The second-order valence-electron chi connectivity index (χ2n) is 6.68. The van der Waals surface area contributed by atoms with Crippen molar-refractivity contribution >= 4 is 17.3 Å². The fraction of sp³-hybridized carbons (Fsp3) is 0.136. The molecule has 3 aromatic carbocycles. The van der Waals surface area contributed by atoms with Crippen LogP contribution in [0, 0.1) is 5.41 Å². The second kappa shape index (κ2) is 5.49. The molecule has 3 heteroatoms. The molecule has 0 saturated heterocycles. The van der Waals surface area contributed by atoms with Crippen molar-refractivity contribution in [2.24, 2.45) is 0 Å². The molecule has 3 aromatic rings. The number of fused-ring (bicyclic) bond motifs is 4. The lowest BCUT2D eigenvalue weighted by Gasteiger charge is -2.22. The highest BCUT2D eigenvalue weighted by Gasteiger charge is 2.25. The molecule has 0 atom stereocenters. The zero-order valence-electron chi connectivity index (χ0n) is 13.9. The summed E-state index contributed by atoms with van der Waals surface area (Å²) >= 11 is 0. The number of hydrogen-bond acceptors (Lipinski definition) is 1. The lowest BCUT2D eigenvalue weighted by molar-refractivity contribution is 1.01. The van der Waals surface area contributed by atoms with Gasteiger partial charge in [0.15, 0.2) is 5.96 Å². The summed E-state index contributed by atoms with van der Waals surface area (Å²) < 4.78 is 0. The number of guanidine groups is 1. The fourth-order valence-electron chi connectivity index (χ4n) is 4.06. The van der Waals surface area contributed by atoms with Crippen molar-refractivity contribution in [3.63, 3.8) is 0 Å². The van der Waals surface area contributed by atoms with Crippen molar-refractivity contribution < 1.29 is 0 Å². The maximum Gasteiger partial charge on any atom is 0.200 e. The van der Waals surface area contributed by atoms with Gasteiger partial charge < -0.3 is 10.2 Å². The third-order valence-corrected chi connectivity index (χ3v) is 5.23. The molecule has 0 bridgehead atoms. The summed E-state index contributed by atoms with van der Waals surface area (Å²) in [5, 5.41) is 12.0. The maximum atomic E-state index is 8.62. The molecule has 1 aliphatic carbocycles. The lowest BCUT2D eigenvalue weighted by Crippen LogP contribution is -2.34. The number of para-hydroxylation sites is 1. The van der Waals surface area contributed by atoms with Crippen LogP contribution in [0.1, 0.15) is 16.7 Å². The SMILES string of the molecule is N=C(Nc1cccc2c1-c1ccccc1C2)N1CCc2ccccc21. The molecule has 2 N–H and O–H groups in total. The van der Waals surface area contributed by atoms with E-state index in [2.05, 4.69) is 70.9 Å². The van der Waals surface area contributed by atoms with E-state index in [4.69, 9.17) is 5.41 Å². The van der Waals surface area contributed by atoms with Crippen molar-refractivity contribution in [1.82, 2.24) is 0 Å². The first-order valence-electron chi connectivity index (χ1n) is 8.72. The van der Waals surface area contributed by atoms with E-state index < -0.39 is 0 Å². The minimum Gasteiger partial charge on any atom is -0.325 e. The fourth-order valence-corrected chi connectivity index (χ4v) is 4.06. The average Bonchev–Trinajstić information content (AvgIpc) is 3.23. The van der Waals surface area contributed by atoms with Gasteiger partial charge in [-0.15, -0.1) is 0 Å². The van der Waals surface area contributed by atoms with Crippen LogP contribution >= 0.6 is 0 Å². The Hall–Kier alpha value is -3.07. The highest BCUT2D eigenvalue weighted by atomic mass is 15.3. The maximum absolute atomic E-state index is 8.62. The summed E-state index contributed by atoms with van der Waals surface area (Å²) in [5.74, 6) is 0.447. The van der Waals surface area contributed by atoms with Gasteiger partial charge in [0.05, 0.1) is 0 Å². The average molecular weight is 325 g/mol. The van der Waals surface area contributed by atoms with Gasteiger partial charge in [-0.25, -0.2) is 0 Å². The summed E-state index contributed by atoms with van der Waals surface area (Å²) in [6.07, 6.45) is 1.97. The molecule has 1 heterocycles.